The van der Waals surface area contributed by atoms with E-state index in [1.54, 1.807) is 0 Å². The molecule has 0 saturated carbocycles. The number of para-hydroxylation sites is 3. The number of rotatable bonds is 10. The molecule has 0 amide bonds. The molecule has 0 spiro atoms. The summed E-state index contributed by atoms with van der Waals surface area (Å²) in [5, 5.41) is 2.29. The van der Waals surface area contributed by atoms with Gasteiger partial charge < -0.3 is 9.80 Å². The highest BCUT2D eigenvalue weighted by molar-refractivity contribution is 6.11. The van der Waals surface area contributed by atoms with Crippen molar-refractivity contribution in [2.45, 2.75) is 26.2 Å². The third-order valence-electron chi connectivity index (χ3n) is 15.5. The second-order valence-corrected chi connectivity index (χ2v) is 21.5. The number of benzene rings is 10. The van der Waals surface area contributed by atoms with Gasteiger partial charge in [-0.05, 0) is 99.0 Å². The fourth-order valence-corrected chi connectivity index (χ4v) is 11.6. The van der Waals surface area contributed by atoms with Crippen LogP contribution in [-0.4, -0.2) is 31.2 Å². The molecular formula is C73H55N7. The second-order valence-electron chi connectivity index (χ2n) is 21.5. The van der Waals surface area contributed by atoms with E-state index in [2.05, 4.69) is 278 Å². The lowest BCUT2D eigenvalue weighted by atomic mass is 9.83. The average Bonchev–Trinajstić information content (AvgIpc) is 4.07. The van der Waals surface area contributed by atoms with Crippen LogP contribution >= 0.6 is 0 Å². The monoisotopic (exact) mass is 1030 g/mol. The molecule has 1 aliphatic rings. The molecule has 0 unspecified atom stereocenters. The quantitative estimate of drug-likeness (QED) is 0.136. The van der Waals surface area contributed by atoms with Crippen molar-refractivity contribution in [2.75, 3.05) is 16.5 Å². The zero-order chi connectivity index (χ0) is 53.7. The minimum atomic E-state index is -0.0511. The lowest BCUT2D eigenvalue weighted by Gasteiger charge is -2.31. The third-order valence-corrected chi connectivity index (χ3v) is 15.5. The molecule has 0 atom stereocenters. The van der Waals surface area contributed by atoms with E-state index in [1.807, 2.05) is 24.4 Å². The fraction of sp³-hybridized carbons (Fsp3) is 0.0685. The van der Waals surface area contributed by atoms with Crippen LogP contribution in [0.3, 0.4) is 0 Å². The molecule has 13 aromatic rings. The number of pyridine rings is 1. The van der Waals surface area contributed by atoms with E-state index < -0.39 is 0 Å². The zero-order valence-corrected chi connectivity index (χ0v) is 44.7. The molecule has 1 aliphatic heterocycles. The Morgan fingerprint density at radius 2 is 0.838 bits per heavy atom. The fourth-order valence-electron chi connectivity index (χ4n) is 11.6. The molecule has 0 aliphatic carbocycles. The van der Waals surface area contributed by atoms with E-state index in [1.165, 1.54) is 16.7 Å². The van der Waals surface area contributed by atoms with Crippen molar-refractivity contribution >= 4 is 44.6 Å². The van der Waals surface area contributed by atoms with Gasteiger partial charge in [-0.3, -0.25) is 4.57 Å². The van der Waals surface area contributed by atoms with Crippen LogP contribution < -0.4 is 9.80 Å². The highest BCUT2D eigenvalue weighted by Crippen LogP contribution is 2.55. The Morgan fingerprint density at radius 3 is 1.43 bits per heavy atom. The average molecular weight is 1030 g/mol. The van der Waals surface area contributed by atoms with Crippen LogP contribution in [0, 0.1) is 0 Å². The normalized spacial score (nSPS) is 12.3. The van der Waals surface area contributed by atoms with Gasteiger partial charge in [-0.2, -0.15) is 0 Å². The molecule has 7 heteroatoms. The molecule has 14 rings (SSSR count). The van der Waals surface area contributed by atoms with E-state index in [4.69, 9.17) is 19.9 Å². The van der Waals surface area contributed by atoms with E-state index >= 15 is 0 Å². The summed E-state index contributed by atoms with van der Waals surface area (Å²) >= 11 is 0. The Balaban J connectivity index is 0.936. The van der Waals surface area contributed by atoms with Crippen LogP contribution in [0.1, 0.15) is 26.3 Å². The van der Waals surface area contributed by atoms with Gasteiger partial charge in [0.25, 0.3) is 0 Å². The third kappa shape index (κ3) is 8.66. The van der Waals surface area contributed by atoms with Gasteiger partial charge in [-0.15, -0.1) is 0 Å². The van der Waals surface area contributed by atoms with Crippen LogP contribution in [-0.2, 0) is 5.41 Å². The number of aromatic nitrogens is 5. The Labute approximate surface area is 466 Å². The molecule has 0 fully saturated rings. The highest BCUT2D eigenvalue weighted by Gasteiger charge is 2.34. The molecular weight excluding hydrogens is 975 g/mol. The Morgan fingerprint density at radius 1 is 0.362 bits per heavy atom. The van der Waals surface area contributed by atoms with E-state index in [0.29, 0.717) is 24.1 Å². The first-order valence-electron chi connectivity index (χ1n) is 27.3. The van der Waals surface area contributed by atoms with E-state index in [-0.39, 0.29) is 5.41 Å². The van der Waals surface area contributed by atoms with Gasteiger partial charge in [-0.1, -0.05) is 227 Å². The van der Waals surface area contributed by atoms with Crippen molar-refractivity contribution < 1.29 is 0 Å². The number of fused-ring (bicyclic) bond motifs is 4. The topological polar surface area (TPSA) is 63.0 Å². The molecule has 0 bridgehead atoms. The molecule has 382 valence electrons. The van der Waals surface area contributed by atoms with Gasteiger partial charge >= 0.3 is 0 Å². The van der Waals surface area contributed by atoms with Crippen molar-refractivity contribution in [2.24, 2.45) is 0 Å². The summed E-state index contributed by atoms with van der Waals surface area (Å²) in [5.41, 5.74) is 19.6. The first kappa shape index (κ1) is 48.2. The van der Waals surface area contributed by atoms with Crippen molar-refractivity contribution in [3.05, 3.63) is 273 Å². The Hall–Kier alpha value is -10.2. The summed E-state index contributed by atoms with van der Waals surface area (Å²) < 4.78 is 2.27. The number of hydrogen-bond acceptors (Lipinski definition) is 6. The van der Waals surface area contributed by atoms with Crippen molar-refractivity contribution in [1.29, 1.82) is 0 Å². The summed E-state index contributed by atoms with van der Waals surface area (Å²) in [5.74, 6) is 2.64. The summed E-state index contributed by atoms with van der Waals surface area (Å²) in [7, 11) is 0. The molecule has 4 heterocycles. The van der Waals surface area contributed by atoms with Crippen molar-refractivity contribution in [3.63, 3.8) is 0 Å². The second kappa shape index (κ2) is 20.0. The van der Waals surface area contributed by atoms with Gasteiger partial charge in [-0.25, -0.2) is 19.9 Å². The first-order chi connectivity index (χ1) is 39.3. The van der Waals surface area contributed by atoms with Crippen LogP contribution in [0.2, 0.25) is 0 Å². The lowest BCUT2D eigenvalue weighted by Crippen LogP contribution is -2.25. The van der Waals surface area contributed by atoms with Gasteiger partial charge in [0.1, 0.15) is 12.5 Å². The van der Waals surface area contributed by atoms with Crippen LogP contribution in [0.25, 0.3) is 106 Å². The molecule has 80 heavy (non-hydrogen) atoms. The predicted molar refractivity (Wildman–Crippen MR) is 331 cm³/mol. The highest BCUT2D eigenvalue weighted by atomic mass is 15.4. The summed E-state index contributed by atoms with van der Waals surface area (Å²) in [6, 6.07) is 93.0. The maximum atomic E-state index is 5.37. The number of anilines is 4. The van der Waals surface area contributed by atoms with Gasteiger partial charge in [0.2, 0.25) is 0 Å². The first-order valence-corrected chi connectivity index (χ1v) is 27.3. The Kier molecular flexibility index (Phi) is 12.0. The number of hydrogen-bond donors (Lipinski definition) is 0. The largest absolute Gasteiger partial charge is 0.321 e. The minimum Gasteiger partial charge on any atom is -0.321 e. The SMILES string of the molecule is CC(C)(C)c1ccnc(-n2c3ccccc3c3ccc(-c4nc(-c5ccccc5)nc(-c5cccc(N6CN(c7c(-c8ccccc8)c(-c8ccccc8)cc(-c8ccccc8)c7-c7ccccc7)c7ccccc76)c5)n4)cc32)c1. The Bertz CT molecular complexity index is 4320. The lowest BCUT2D eigenvalue weighted by molar-refractivity contribution is 0.588. The summed E-state index contributed by atoms with van der Waals surface area (Å²) in [6.07, 6.45) is 1.92. The minimum absolute atomic E-state index is 0.0511. The van der Waals surface area contributed by atoms with Gasteiger partial charge in [0, 0.05) is 50.5 Å². The molecule has 7 nitrogen and oxygen atoms in total. The molecule has 10 aromatic carbocycles. The van der Waals surface area contributed by atoms with Gasteiger partial charge in [0.15, 0.2) is 17.5 Å². The van der Waals surface area contributed by atoms with E-state index in [9.17, 15) is 0 Å². The molecule has 0 N–H and O–H groups in total. The molecule has 0 saturated heterocycles. The summed E-state index contributed by atoms with van der Waals surface area (Å²) in [4.78, 5) is 25.8. The molecule has 3 aromatic heterocycles. The summed E-state index contributed by atoms with van der Waals surface area (Å²) in [6.45, 7) is 7.26. The predicted octanol–water partition coefficient (Wildman–Crippen LogP) is 18.6. The standard InChI is InChI=1S/C73H55N7/c1-73(2,3)56-42-43-74-66(46-56)80-62-37-20-19-36-58(62)59-41-40-55(45-65(59)80)72-76-70(53-32-17-8-18-33-53)75-71(77-72)54-34-23-35-57(44-54)78-48-79(64-39-22-21-38-63(64)78)69-67(51-28-13-6-14-29-51)60(49-24-9-4-10-25-49)47-61(50-26-11-5-12-27-50)68(69)52-30-15-7-16-31-52/h4-47H,48H2,1-3H3. The van der Waals surface area contributed by atoms with Crippen molar-refractivity contribution in [1.82, 2.24) is 24.5 Å². The van der Waals surface area contributed by atoms with Crippen LogP contribution in [0.4, 0.5) is 22.7 Å². The maximum Gasteiger partial charge on any atom is 0.164 e. The van der Waals surface area contributed by atoms with Crippen LogP contribution in [0.5, 0.6) is 0 Å². The zero-order valence-electron chi connectivity index (χ0n) is 44.7. The maximum absolute atomic E-state index is 5.37. The van der Waals surface area contributed by atoms with Crippen molar-refractivity contribution in [3.8, 4) is 84.5 Å². The molecule has 0 radical (unpaired) electrons. The smallest absolute Gasteiger partial charge is 0.164 e. The van der Waals surface area contributed by atoms with Crippen LogP contribution in [0.15, 0.2) is 267 Å². The van der Waals surface area contributed by atoms with E-state index in [0.717, 1.165) is 100 Å². The number of nitrogens with zero attached hydrogens (tertiary/aromatic N) is 7. The van der Waals surface area contributed by atoms with Gasteiger partial charge in [0.05, 0.1) is 28.1 Å².